The van der Waals surface area contributed by atoms with Crippen molar-refractivity contribution in [2.24, 2.45) is 4.99 Å². The molecule has 1 aliphatic heterocycles. The number of nitro benzene ring substituents is 1. The number of furan rings is 1. The van der Waals surface area contributed by atoms with Crippen molar-refractivity contribution < 1.29 is 28.3 Å². The van der Waals surface area contributed by atoms with Gasteiger partial charge >= 0.3 is 5.97 Å². The number of aryl methyl sites for hydroxylation is 2. The van der Waals surface area contributed by atoms with Crippen molar-refractivity contribution in [3.63, 3.8) is 0 Å². The standard InChI is InChI=1S/C33H33N3O8S/c1-8-42-32(38)29-20(6)34-33-35(30(29)21-9-11-26(43-17(2)3)27(15-21)41-7)31(37)28(45-33)16-22-10-12-25(44-22)23-13-18(4)19(5)14-24(23)36(39)40/h9-17,30H,8H2,1-7H3/b28-16-/t30-/m0/s1. The number of benzene rings is 2. The summed E-state index contributed by atoms with van der Waals surface area (Å²) in [5.74, 6) is 1.03. The molecule has 4 aromatic rings. The van der Waals surface area contributed by atoms with Gasteiger partial charge in [0, 0.05) is 12.1 Å². The van der Waals surface area contributed by atoms with Crippen LogP contribution in [0.25, 0.3) is 17.4 Å². The summed E-state index contributed by atoms with van der Waals surface area (Å²) in [4.78, 5) is 43.6. The first kappa shape index (κ1) is 31.5. The van der Waals surface area contributed by atoms with E-state index in [0.717, 1.165) is 22.5 Å². The molecule has 1 atom stereocenters. The Bertz CT molecular complexity index is 2030. The molecule has 12 heteroatoms. The van der Waals surface area contributed by atoms with Crippen LogP contribution < -0.4 is 24.4 Å². The molecule has 0 spiro atoms. The second kappa shape index (κ2) is 12.6. The highest BCUT2D eigenvalue weighted by Crippen LogP contribution is 2.37. The molecule has 1 aliphatic rings. The number of nitro groups is 1. The number of rotatable bonds is 9. The first-order valence-corrected chi connectivity index (χ1v) is 15.1. The molecule has 234 valence electrons. The number of carbonyl (C=O) groups is 1. The summed E-state index contributed by atoms with van der Waals surface area (Å²) in [6, 6.07) is 11.0. The SMILES string of the molecule is CCOC(=O)C1=C(C)N=c2s/c(=C\c3ccc(-c4cc(C)c(C)cc4[N+](=O)[O-])o3)c(=O)n2[C@H]1c1ccc(OC(C)C)c(OC)c1. The molecule has 0 radical (unpaired) electrons. The summed E-state index contributed by atoms with van der Waals surface area (Å²) in [5, 5.41) is 11.8. The Labute approximate surface area is 262 Å². The molecule has 0 bridgehead atoms. The molecular weight excluding hydrogens is 598 g/mol. The number of fused-ring (bicyclic) bond motifs is 1. The number of allylic oxidation sites excluding steroid dienone is 1. The van der Waals surface area contributed by atoms with Gasteiger partial charge in [0.05, 0.1) is 52.2 Å². The van der Waals surface area contributed by atoms with E-state index in [1.165, 1.54) is 17.7 Å². The molecule has 0 saturated heterocycles. The fourth-order valence-corrected chi connectivity index (χ4v) is 6.19. The molecule has 0 aliphatic carbocycles. The van der Waals surface area contributed by atoms with Crippen LogP contribution in [0.15, 0.2) is 67.9 Å². The molecule has 0 amide bonds. The minimum atomic E-state index is -0.852. The number of carbonyl (C=O) groups excluding carboxylic acids is 1. The normalized spacial score (nSPS) is 14.8. The lowest BCUT2D eigenvalue weighted by atomic mass is 9.95. The Hall–Kier alpha value is -4.97. The maximum absolute atomic E-state index is 14.0. The Morgan fingerprint density at radius 3 is 2.53 bits per heavy atom. The predicted molar refractivity (Wildman–Crippen MR) is 169 cm³/mol. The van der Waals surface area contributed by atoms with Gasteiger partial charge in [0.25, 0.3) is 11.2 Å². The first-order chi connectivity index (χ1) is 21.4. The van der Waals surface area contributed by atoms with Gasteiger partial charge in [-0.3, -0.25) is 19.5 Å². The Morgan fingerprint density at radius 1 is 1.13 bits per heavy atom. The maximum Gasteiger partial charge on any atom is 0.338 e. The van der Waals surface area contributed by atoms with Crippen molar-refractivity contribution >= 4 is 29.1 Å². The number of esters is 1. The zero-order valence-corrected chi connectivity index (χ0v) is 26.8. The van der Waals surface area contributed by atoms with E-state index in [9.17, 15) is 19.7 Å². The van der Waals surface area contributed by atoms with Gasteiger partial charge in [0.1, 0.15) is 11.5 Å². The average Bonchev–Trinajstić information content (AvgIpc) is 3.57. The molecule has 45 heavy (non-hydrogen) atoms. The van der Waals surface area contributed by atoms with E-state index >= 15 is 0 Å². The Morgan fingerprint density at radius 2 is 1.87 bits per heavy atom. The number of thiazole rings is 1. The Balaban J connectivity index is 1.65. The van der Waals surface area contributed by atoms with Crippen LogP contribution in [0.1, 0.15) is 56.2 Å². The highest BCUT2D eigenvalue weighted by Gasteiger charge is 2.34. The number of nitrogens with zero attached hydrogens (tertiary/aromatic N) is 3. The molecule has 11 nitrogen and oxygen atoms in total. The lowest BCUT2D eigenvalue weighted by Crippen LogP contribution is -2.40. The van der Waals surface area contributed by atoms with Crippen molar-refractivity contribution in [1.29, 1.82) is 0 Å². The lowest BCUT2D eigenvalue weighted by Gasteiger charge is -2.25. The second-order valence-corrected chi connectivity index (χ2v) is 11.8. The number of ether oxygens (including phenoxy) is 3. The summed E-state index contributed by atoms with van der Waals surface area (Å²) in [5.41, 5.74) is 2.83. The van der Waals surface area contributed by atoms with Crippen LogP contribution in [0.2, 0.25) is 0 Å². The monoisotopic (exact) mass is 631 g/mol. The summed E-state index contributed by atoms with van der Waals surface area (Å²) in [7, 11) is 1.52. The van der Waals surface area contributed by atoms with Gasteiger partial charge in [0.2, 0.25) is 0 Å². The van der Waals surface area contributed by atoms with Crippen LogP contribution >= 0.6 is 11.3 Å². The molecule has 2 aromatic carbocycles. The molecule has 3 heterocycles. The van der Waals surface area contributed by atoms with Gasteiger partial charge < -0.3 is 18.6 Å². The quantitative estimate of drug-likeness (QED) is 0.137. The topological polar surface area (TPSA) is 135 Å². The summed E-state index contributed by atoms with van der Waals surface area (Å²) in [6.45, 7) is 11.1. The molecule has 0 N–H and O–H groups in total. The maximum atomic E-state index is 14.0. The zero-order chi connectivity index (χ0) is 32.6. The van der Waals surface area contributed by atoms with Crippen LogP contribution in [-0.4, -0.2) is 35.3 Å². The van der Waals surface area contributed by atoms with E-state index in [-0.39, 0.29) is 24.0 Å². The van der Waals surface area contributed by atoms with Crippen molar-refractivity contribution in [1.82, 2.24) is 4.57 Å². The summed E-state index contributed by atoms with van der Waals surface area (Å²) in [6.07, 6.45) is 1.48. The second-order valence-electron chi connectivity index (χ2n) is 10.8. The van der Waals surface area contributed by atoms with Crippen molar-refractivity contribution in [3.8, 4) is 22.8 Å². The molecule has 0 fully saturated rings. The third-order valence-electron chi connectivity index (χ3n) is 7.36. The highest BCUT2D eigenvalue weighted by atomic mass is 32.1. The predicted octanol–water partition coefficient (Wildman–Crippen LogP) is 5.38. The smallest absolute Gasteiger partial charge is 0.338 e. The van der Waals surface area contributed by atoms with E-state index in [1.807, 2.05) is 27.7 Å². The van der Waals surface area contributed by atoms with Crippen LogP contribution in [0.5, 0.6) is 11.5 Å². The van der Waals surface area contributed by atoms with Gasteiger partial charge in [-0.05, 0) is 88.6 Å². The van der Waals surface area contributed by atoms with Crippen LogP contribution in [0.3, 0.4) is 0 Å². The summed E-state index contributed by atoms with van der Waals surface area (Å²) < 4.78 is 24.6. The molecule has 0 unspecified atom stereocenters. The van der Waals surface area contributed by atoms with Gasteiger partial charge in [0.15, 0.2) is 16.3 Å². The minimum absolute atomic E-state index is 0.0689. The Kier molecular flexibility index (Phi) is 8.78. The first-order valence-electron chi connectivity index (χ1n) is 14.3. The third-order valence-corrected chi connectivity index (χ3v) is 8.34. The van der Waals surface area contributed by atoms with Gasteiger partial charge in [-0.25, -0.2) is 9.79 Å². The fourth-order valence-electron chi connectivity index (χ4n) is 5.17. The highest BCUT2D eigenvalue weighted by molar-refractivity contribution is 7.07. The molecule has 0 saturated carbocycles. The van der Waals surface area contributed by atoms with Crippen molar-refractivity contribution in [2.75, 3.05) is 13.7 Å². The fraction of sp³-hybridized carbons (Fsp3) is 0.303. The summed E-state index contributed by atoms with van der Waals surface area (Å²) >= 11 is 1.14. The molecular formula is C33H33N3O8S. The molecule has 5 rings (SSSR count). The van der Waals surface area contributed by atoms with E-state index in [1.54, 1.807) is 56.3 Å². The van der Waals surface area contributed by atoms with E-state index in [2.05, 4.69) is 4.99 Å². The lowest BCUT2D eigenvalue weighted by molar-refractivity contribution is -0.384. The van der Waals surface area contributed by atoms with Gasteiger partial charge in [-0.15, -0.1) is 0 Å². The van der Waals surface area contributed by atoms with Crippen molar-refractivity contribution in [2.45, 2.75) is 53.7 Å². The number of methoxy groups -OCH3 is 1. The van der Waals surface area contributed by atoms with E-state index < -0.39 is 22.5 Å². The van der Waals surface area contributed by atoms with Crippen LogP contribution in [0, 0.1) is 24.0 Å². The largest absolute Gasteiger partial charge is 0.493 e. The van der Waals surface area contributed by atoms with E-state index in [4.69, 9.17) is 18.6 Å². The van der Waals surface area contributed by atoms with Gasteiger partial charge in [-0.2, -0.15) is 0 Å². The average molecular weight is 632 g/mol. The van der Waals surface area contributed by atoms with Crippen LogP contribution in [-0.2, 0) is 9.53 Å². The van der Waals surface area contributed by atoms with E-state index in [0.29, 0.717) is 49.2 Å². The minimum Gasteiger partial charge on any atom is -0.493 e. The number of hydrogen-bond donors (Lipinski definition) is 0. The molecule has 2 aromatic heterocycles. The van der Waals surface area contributed by atoms with Gasteiger partial charge in [-0.1, -0.05) is 17.4 Å². The number of aromatic nitrogens is 1. The van der Waals surface area contributed by atoms with Crippen LogP contribution in [0.4, 0.5) is 5.69 Å². The zero-order valence-electron chi connectivity index (χ0n) is 26.0. The third kappa shape index (κ3) is 6.05. The van der Waals surface area contributed by atoms with Crippen molar-refractivity contribution in [3.05, 3.63) is 106 Å². The number of hydrogen-bond acceptors (Lipinski definition) is 10.